The molecule has 1 aromatic heterocycles. The minimum absolute atomic E-state index is 0.0172. The summed E-state index contributed by atoms with van der Waals surface area (Å²) in [4.78, 5) is 17.2. The molecule has 0 atom stereocenters. The Morgan fingerprint density at radius 2 is 2.19 bits per heavy atom. The van der Waals surface area contributed by atoms with Gasteiger partial charge in [0, 0.05) is 12.6 Å². The topological polar surface area (TPSA) is 71.2 Å². The maximum atomic E-state index is 12.6. The standard InChI is InChI=1S/C12H17F3N4OS/c1-2-5-17-11-18-9(16)8(21-11)10(20)19(7-3-4-7)6-12(13,14)15/h7H,2-6,16H2,1H3,(H,17,18). The Bertz CT molecular complexity index is 513. The summed E-state index contributed by atoms with van der Waals surface area (Å²) < 4.78 is 37.8. The predicted octanol–water partition coefficient (Wildman–Crippen LogP) is 2.71. The summed E-state index contributed by atoms with van der Waals surface area (Å²) in [7, 11) is 0. The molecule has 118 valence electrons. The molecule has 9 heteroatoms. The summed E-state index contributed by atoms with van der Waals surface area (Å²) in [5.41, 5.74) is 5.67. The molecule has 0 spiro atoms. The SMILES string of the molecule is CCCNc1nc(N)c(C(=O)N(CC(F)(F)F)C2CC2)s1. The number of nitrogens with zero attached hydrogens (tertiary/aromatic N) is 2. The molecule has 5 nitrogen and oxygen atoms in total. The van der Waals surface area contributed by atoms with Gasteiger partial charge in [0.15, 0.2) is 5.13 Å². The molecule has 0 aliphatic heterocycles. The van der Waals surface area contributed by atoms with Crippen molar-refractivity contribution in [2.24, 2.45) is 0 Å². The van der Waals surface area contributed by atoms with Gasteiger partial charge in [-0.25, -0.2) is 4.98 Å². The number of rotatable bonds is 6. The summed E-state index contributed by atoms with van der Waals surface area (Å²) in [5.74, 6) is -0.703. The second kappa shape index (κ2) is 6.08. The third kappa shape index (κ3) is 4.23. The Kier molecular flexibility index (Phi) is 4.60. The third-order valence-electron chi connectivity index (χ3n) is 2.97. The van der Waals surface area contributed by atoms with E-state index in [2.05, 4.69) is 10.3 Å². The van der Waals surface area contributed by atoms with Crippen molar-refractivity contribution in [1.82, 2.24) is 9.88 Å². The van der Waals surface area contributed by atoms with E-state index in [9.17, 15) is 18.0 Å². The van der Waals surface area contributed by atoms with Gasteiger partial charge in [-0.2, -0.15) is 13.2 Å². The van der Waals surface area contributed by atoms with Gasteiger partial charge in [0.25, 0.3) is 5.91 Å². The van der Waals surface area contributed by atoms with Gasteiger partial charge in [0.2, 0.25) is 0 Å². The van der Waals surface area contributed by atoms with Crippen molar-refractivity contribution in [3.8, 4) is 0 Å². The summed E-state index contributed by atoms with van der Waals surface area (Å²) in [6, 6.07) is -0.340. The molecule has 1 fully saturated rings. The average Bonchev–Trinajstić information content (AvgIpc) is 3.15. The Morgan fingerprint density at radius 1 is 1.52 bits per heavy atom. The number of carbonyl (C=O) groups is 1. The van der Waals surface area contributed by atoms with Crippen molar-refractivity contribution in [2.45, 2.75) is 38.4 Å². The number of alkyl halides is 3. The molecule has 2 rings (SSSR count). The van der Waals surface area contributed by atoms with Crippen LogP contribution in [0.3, 0.4) is 0 Å². The first-order valence-electron chi connectivity index (χ1n) is 6.69. The monoisotopic (exact) mass is 322 g/mol. The molecule has 1 aliphatic carbocycles. The van der Waals surface area contributed by atoms with Crippen LogP contribution in [-0.4, -0.2) is 41.1 Å². The minimum Gasteiger partial charge on any atom is -0.382 e. The Labute approximate surface area is 124 Å². The number of amides is 1. The molecular weight excluding hydrogens is 305 g/mol. The lowest BCUT2D eigenvalue weighted by atomic mass is 10.3. The van der Waals surface area contributed by atoms with E-state index in [1.165, 1.54) is 0 Å². The predicted molar refractivity (Wildman–Crippen MR) is 75.4 cm³/mol. The van der Waals surface area contributed by atoms with Gasteiger partial charge in [-0.05, 0) is 19.3 Å². The Balaban J connectivity index is 2.14. The summed E-state index contributed by atoms with van der Waals surface area (Å²) in [6.45, 7) is 1.38. The van der Waals surface area contributed by atoms with Crippen LogP contribution in [0.2, 0.25) is 0 Å². The lowest BCUT2D eigenvalue weighted by molar-refractivity contribution is -0.141. The van der Waals surface area contributed by atoms with Crippen molar-refractivity contribution < 1.29 is 18.0 Å². The van der Waals surface area contributed by atoms with Crippen LogP contribution in [0.15, 0.2) is 0 Å². The highest BCUT2D eigenvalue weighted by atomic mass is 32.1. The number of nitrogens with two attached hydrogens (primary N) is 1. The van der Waals surface area contributed by atoms with Crippen LogP contribution in [0, 0.1) is 0 Å². The van der Waals surface area contributed by atoms with E-state index in [1.54, 1.807) is 0 Å². The van der Waals surface area contributed by atoms with E-state index >= 15 is 0 Å². The molecule has 1 heterocycles. The fraction of sp³-hybridized carbons (Fsp3) is 0.667. The molecule has 0 unspecified atom stereocenters. The third-order valence-corrected chi connectivity index (χ3v) is 3.99. The van der Waals surface area contributed by atoms with E-state index in [0.29, 0.717) is 24.5 Å². The molecule has 21 heavy (non-hydrogen) atoms. The number of nitrogen functional groups attached to an aromatic ring is 1. The lowest BCUT2D eigenvalue weighted by Gasteiger charge is -2.23. The zero-order valence-corrected chi connectivity index (χ0v) is 12.4. The second-order valence-electron chi connectivity index (χ2n) is 4.94. The lowest BCUT2D eigenvalue weighted by Crippen LogP contribution is -2.40. The fourth-order valence-electron chi connectivity index (χ4n) is 1.87. The maximum Gasteiger partial charge on any atom is 0.406 e. The molecule has 1 aliphatic rings. The van der Waals surface area contributed by atoms with Gasteiger partial charge < -0.3 is 16.0 Å². The highest BCUT2D eigenvalue weighted by Gasteiger charge is 2.41. The number of hydrogen-bond donors (Lipinski definition) is 2. The molecule has 0 bridgehead atoms. The molecule has 0 saturated heterocycles. The van der Waals surface area contributed by atoms with Crippen LogP contribution in [0.4, 0.5) is 24.1 Å². The van der Waals surface area contributed by atoms with Gasteiger partial charge in [-0.1, -0.05) is 18.3 Å². The smallest absolute Gasteiger partial charge is 0.382 e. The second-order valence-corrected chi connectivity index (χ2v) is 5.94. The summed E-state index contributed by atoms with van der Waals surface area (Å²) in [5, 5.41) is 3.44. The molecule has 0 radical (unpaired) electrons. The molecule has 1 saturated carbocycles. The number of carbonyl (C=O) groups excluding carboxylic acids is 1. The van der Waals surface area contributed by atoms with Crippen LogP contribution < -0.4 is 11.1 Å². The zero-order chi connectivity index (χ0) is 15.6. The molecule has 1 amide bonds. The highest BCUT2D eigenvalue weighted by molar-refractivity contribution is 7.18. The number of thiazole rings is 1. The van der Waals surface area contributed by atoms with E-state index in [-0.39, 0.29) is 16.7 Å². The number of halogens is 3. The van der Waals surface area contributed by atoms with E-state index in [0.717, 1.165) is 22.7 Å². The van der Waals surface area contributed by atoms with Gasteiger partial charge in [-0.15, -0.1) is 0 Å². The van der Waals surface area contributed by atoms with Crippen LogP contribution in [0.1, 0.15) is 35.9 Å². The molecule has 3 N–H and O–H groups in total. The van der Waals surface area contributed by atoms with Gasteiger partial charge >= 0.3 is 6.18 Å². The zero-order valence-electron chi connectivity index (χ0n) is 11.5. The number of aromatic nitrogens is 1. The van der Waals surface area contributed by atoms with Gasteiger partial charge in [-0.3, -0.25) is 4.79 Å². The first-order valence-corrected chi connectivity index (χ1v) is 7.51. The highest BCUT2D eigenvalue weighted by Crippen LogP contribution is 2.34. The Morgan fingerprint density at radius 3 is 2.71 bits per heavy atom. The number of nitrogens with one attached hydrogen (secondary N) is 1. The van der Waals surface area contributed by atoms with Crippen molar-refractivity contribution in [3.05, 3.63) is 4.88 Å². The Hall–Kier alpha value is -1.51. The van der Waals surface area contributed by atoms with E-state index < -0.39 is 18.6 Å². The molecular formula is C12H17F3N4OS. The maximum absolute atomic E-state index is 12.6. The average molecular weight is 322 g/mol. The number of hydrogen-bond acceptors (Lipinski definition) is 5. The molecule has 1 aromatic rings. The van der Waals surface area contributed by atoms with Crippen LogP contribution in [-0.2, 0) is 0 Å². The minimum atomic E-state index is -4.42. The first kappa shape index (κ1) is 15.9. The van der Waals surface area contributed by atoms with Gasteiger partial charge in [0.05, 0.1) is 0 Å². The van der Waals surface area contributed by atoms with Gasteiger partial charge in [0.1, 0.15) is 17.2 Å². The van der Waals surface area contributed by atoms with Crippen LogP contribution >= 0.6 is 11.3 Å². The fourth-order valence-corrected chi connectivity index (χ4v) is 2.74. The summed E-state index contributed by atoms with van der Waals surface area (Å²) in [6.07, 6.45) is -2.35. The normalized spacial score (nSPS) is 15.0. The van der Waals surface area contributed by atoms with Crippen molar-refractivity contribution in [2.75, 3.05) is 24.1 Å². The van der Waals surface area contributed by atoms with Crippen molar-refractivity contribution in [1.29, 1.82) is 0 Å². The van der Waals surface area contributed by atoms with Crippen molar-refractivity contribution >= 4 is 28.2 Å². The molecule has 0 aromatic carbocycles. The quantitative estimate of drug-likeness (QED) is 0.845. The van der Waals surface area contributed by atoms with Crippen LogP contribution in [0.5, 0.6) is 0 Å². The first-order chi connectivity index (χ1) is 9.81. The van der Waals surface area contributed by atoms with Crippen LogP contribution in [0.25, 0.3) is 0 Å². The van der Waals surface area contributed by atoms with Crippen molar-refractivity contribution in [3.63, 3.8) is 0 Å². The largest absolute Gasteiger partial charge is 0.406 e. The van der Waals surface area contributed by atoms with E-state index in [4.69, 9.17) is 5.73 Å². The van der Waals surface area contributed by atoms with E-state index in [1.807, 2.05) is 6.92 Å². The number of anilines is 2. The summed E-state index contributed by atoms with van der Waals surface area (Å²) >= 11 is 1.00.